The molecule has 1 amide bonds. The molecule has 218 valence electrons. The molecule has 5 rings (SSSR count). The Bertz CT molecular complexity index is 1410. The number of carbonyl (C=O) groups excluding carboxylic acids is 1. The van der Waals surface area contributed by atoms with Crippen molar-refractivity contribution in [3.05, 3.63) is 64.8 Å². The molecule has 1 fully saturated rings. The number of hydrogen-bond donors (Lipinski definition) is 2. The second-order valence-corrected chi connectivity index (χ2v) is 12.0. The fourth-order valence-electron chi connectivity index (χ4n) is 5.84. The highest BCUT2D eigenvalue weighted by atomic mass is 32.2. The van der Waals surface area contributed by atoms with Crippen molar-refractivity contribution < 1.29 is 14.1 Å². The van der Waals surface area contributed by atoms with Crippen molar-refractivity contribution in [2.75, 3.05) is 18.4 Å². The van der Waals surface area contributed by atoms with Gasteiger partial charge in [0.05, 0.1) is 24.9 Å². The van der Waals surface area contributed by atoms with E-state index in [2.05, 4.69) is 53.2 Å². The smallest absolute Gasteiger partial charge is 0.256 e. The fourth-order valence-corrected chi connectivity index (χ4v) is 6.67. The van der Waals surface area contributed by atoms with Gasteiger partial charge in [0.2, 0.25) is 5.88 Å². The Labute approximate surface area is 247 Å². The summed E-state index contributed by atoms with van der Waals surface area (Å²) in [5.74, 6) is 1.53. The first kappa shape index (κ1) is 29.4. The topological polar surface area (TPSA) is 106 Å². The SMILES string of the molecule is CCCC(N)C1=NC2(CCCC2)C(=O)N1Cc1ccc(-c2ccccc2SNc2onc(C)c2C)c(CCOC)c1. The molecule has 2 aliphatic rings. The van der Waals surface area contributed by atoms with Crippen LogP contribution in [0.1, 0.15) is 67.8 Å². The van der Waals surface area contributed by atoms with Crippen molar-refractivity contribution >= 4 is 29.6 Å². The van der Waals surface area contributed by atoms with Gasteiger partial charge in [-0.1, -0.05) is 67.7 Å². The highest BCUT2D eigenvalue weighted by molar-refractivity contribution is 8.00. The van der Waals surface area contributed by atoms with Crippen LogP contribution in [-0.2, 0) is 22.5 Å². The minimum Gasteiger partial charge on any atom is -0.384 e. The Kier molecular flexibility index (Phi) is 9.16. The molecule has 1 atom stereocenters. The molecule has 0 radical (unpaired) electrons. The van der Waals surface area contributed by atoms with Crippen LogP contribution in [0.15, 0.2) is 56.9 Å². The third-order valence-corrected chi connectivity index (χ3v) is 9.15. The highest BCUT2D eigenvalue weighted by Gasteiger charge is 2.50. The molecule has 1 spiro atoms. The van der Waals surface area contributed by atoms with Crippen LogP contribution in [0.2, 0.25) is 0 Å². The standard InChI is InChI=1S/C32H41N5O3S/c1-5-10-27(33)29-34-32(16-8-9-17-32)31(38)37(29)20-23-13-14-25(24(19-23)15-18-39-4)26-11-6-7-12-28(26)41-36-30-21(2)22(3)35-40-30/h6-7,11-14,19,27,36H,5,8-10,15-18,20,33H2,1-4H3. The number of nitrogens with two attached hydrogens (primary N) is 1. The van der Waals surface area contributed by atoms with E-state index in [-0.39, 0.29) is 11.9 Å². The number of nitrogens with one attached hydrogen (secondary N) is 1. The number of ether oxygens (including phenoxy) is 1. The molecule has 1 unspecified atom stereocenters. The summed E-state index contributed by atoms with van der Waals surface area (Å²) in [5, 5.41) is 4.05. The maximum Gasteiger partial charge on any atom is 0.256 e. The van der Waals surface area contributed by atoms with Crippen LogP contribution in [0.4, 0.5) is 5.88 Å². The third-order valence-electron chi connectivity index (χ3n) is 8.28. The quantitative estimate of drug-likeness (QED) is 0.239. The van der Waals surface area contributed by atoms with Crippen molar-refractivity contribution in [1.82, 2.24) is 10.1 Å². The van der Waals surface area contributed by atoms with Gasteiger partial charge in [-0.3, -0.25) is 19.4 Å². The average molecular weight is 576 g/mol. The van der Waals surface area contributed by atoms with Gasteiger partial charge in [-0.05, 0) is 79.8 Å². The Morgan fingerprint density at radius 1 is 1.17 bits per heavy atom. The van der Waals surface area contributed by atoms with E-state index in [4.69, 9.17) is 20.0 Å². The molecule has 3 aromatic rings. The lowest BCUT2D eigenvalue weighted by Crippen LogP contribution is -2.45. The third kappa shape index (κ3) is 6.08. The molecule has 1 aliphatic heterocycles. The van der Waals surface area contributed by atoms with Crippen molar-refractivity contribution in [3.63, 3.8) is 0 Å². The number of amides is 1. The van der Waals surface area contributed by atoms with E-state index < -0.39 is 5.54 Å². The van der Waals surface area contributed by atoms with Gasteiger partial charge in [-0.25, -0.2) is 0 Å². The number of anilines is 1. The first-order chi connectivity index (χ1) is 19.9. The number of nitrogens with zero attached hydrogens (tertiary/aromatic N) is 3. The molecule has 41 heavy (non-hydrogen) atoms. The Morgan fingerprint density at radius 3 is 2.66 bits per heavy atom. The fraction of sp³-hybridized carbons (Fsp3) is 0.469. The first-order valence-electron chi connectivity index (χ1n) is 14.6. The lowest BCUT2D eigenvalue weighted by Gasteiger charge is -2.25. The monoisotopic (exact) mass is 575 g/mol. The zero-order chi connectivity index (χ0) is 29.0. The lowest BCUT2D eigenvalue weighted by molar-refractivity contribution is -0.131. The second kappa shape index (κ2) is 12.8. The van der Waals surface area contributed by atoms with Crippen LogP contribution < -0.4 is 10.5 Å². The normalized spacial score (nSPS) is 17.0. The summed E-state index contributed by atoms with van der Waals surface area (Å²) < 4.78 is 14.3. The summed E-state index contributed by atoms with van der Waals surface area (Å²) in [5.41, 5.74) is 12.3. The molecular weight excluding hydrogens is 534 g/mol. The van der Waals surface area contributed by atoms with Gasteiger partial charge in [0, 0.05) is 17.6 Å². The van der Waals surface area contributed by atoms with Gasteiger partial charge in [-0.2, -0.15) is 0 Å². The van der Waals surface area contributed by atoms with Crippen molar-refractivity contribution in [1.29, 1.82) is 0 Å². The van der Waals surface area contributed by atoms with Crippen molar-refractivity contribution in [3.8, 4) is 11.1 Å². The molecule has 2 heterocycles. The van der Waals surface area contributed by atoms with Crippen LogP contribution in [-0.4, -0.2) is 47.1 Å². The van der Waals surface area contributed by atoms with Crippen LogP contribution >= 0.6 is 11.9 Å². The van der Waals surface area contributed by atoms with Crippen LogP contribution in [0.3, 0.4) is 0 Å². The van der Waals surface area contributed by atoms with E-state index in [1.165, 1.54) is 17.5 Å². The molecule has 0 saturated heterocycles. The molecule has 1 saturated carbocycles. The minimum atomic E-state index is -0.608. The van der Waals surface area contributed by atoms with Crippen molar-refractivity contribution in [2.45, 2.75) is 88.7 Å². The average Bonchev–Trinajstić information content (AvgIpc) is 3.66. The predicted octanol–water partition coefficient (Wildman–Crippen LogP) is 6.45. The van der Waals surface area contributed by atoms with Gasteiger partial charge in [-0.15, -0.1) is 0 Å². The molecule has 3 N–H and O–H groups in total. The van der Waals surface area contributed by atoms with E-state index in [1.807, 2.05) is 24.8 Å². The molecule has 2 aromatic carbocycles. The van der Waals surface area contributed by atoms with E-state index in [0.717, 1.165) is 83.6 Å². The summed E-state index contributed by atoms with van der Waals surface area (Å²) in [6.07, 6.45) is 6.23. The Morgan fingerprint density at radius 2 is 1.95 bits per heavy atom. The van der Waals surface area contributed by atoms with Gasteiger partial charge < -0.3 is 15.0 Å². The Balaban J connectivity index is 1.44. The number of aliphatic imine (C=N–C) groups is 1. The van der Waals surface area contributed by atoms with Gasteiger partial charge >= 0.3 is 0 Å². The Hall–Kier alpha value is -3.14. The maximum atomic E-state index is 13.8. The summed E-state index contributed by atoms with van der Waals surface area (Å²) in [4.78, 5) is 21.7. The number of aryl methyl sites for hydroxylation is 1. The second-order valence-electron chi connectivity index (χ2n) is 11.2. The van der Waals surface area contributed by atoms with Crippen LogP contribution in [0, 0.1) is 13.8 Å². The highest BCUT2D eigenvalue weighted by Crippen LogP contribution is 2.40. The van der Waals surface area contributed by atoms with E-state index in [1.54, 1.807) is 7.11 Å². The van der Waals surface area contributed by atoms with E-state index in [9.17, 15) is 4.79 Å². The maximum absolute atomic E-state index is 13.8. The number of carbonyl (C=O) groups is 1. The summed E-state index contributed by atoms with van der Waals surface area (Å²) in [6.45, 7) is 7.11. The molecule has 1 aliphatic carbocycles. The zero-order valence-electron chi connectivity index (χ0n) is 24.5. The zero-order valence-corrected chi connectivity index (χ0v) is 25.4. The predicted molar refractivity (Wildman–Crippen MR) is 165 cm³/mol. The molecule has 1 aromatic heterocycles. The van der Waals surface area contributed by atoms with Gasteiger partial charge in [0.15, 0.2) is 0 Å². The van der Waals surface area contributed by atoms with Crippen LogP contribution in [0.5, 0.6) is 0 Å². The summed E-state index contributed by atoms with van der Waals surface area (Å²) in [6, 6.07) is 14.6. The molecular formula is C32H41N5O3S. The van der Waals surface area contributed by atoms with E-state index in [0.29, 0.717) is 19.0 Å². The number of methoxy groups -OCH3 is 1. The number of benzene rings is 2. The molecule has 8 nitrogen and oxygen atoms in total. The number of aromatic nitrogens is 1. The summed E-state index contributed by atoms with van der Waals surface area (Å²) >= 11 is 1.51. The first-order valence-corrected chi connectivity index (χ1v) is 15.4. The lowest BCUT2D eigenvalue weighted by atomic mass is 9.95. The number of hydrogen-bond acceptors (Lipinski definition) is 8. The largest absolute Gasteiger partial charge is 0.384 e. The minimum absolute atomic E-state index is 0.116. The number of rotatable bonds is 12. The van der Waals surface area contributed by atoms with E-state index >= 15 is 0 Å². The van der Waals surface area contributed by atoms with Gasteiger partial charge in [0.25, 0.3) is 5.91 Å². The van der Waals surface area contributed by atoms with Gasteiger partial charge in [0.1, 0.15) is 11.4 Å². The number of amidine groups is 1. The molecule has 9 heteroatoms. The summed E-state index contributed by atoms with van der Waals surface area (Å²) in [7, 11) is 1.72. The van der Waals surface area contributed by atoms with Crippen molar-refractivity contribution in [2.24, 2.45) is 10.7 Å². The van der Waals surface area contributed by atoms with Crippen LogP contribution in [0.25, 0.3) is 11.1 Å². The molecule has 0 bridgehead atoms.